The Balaban J connectivity index is 1.77. The van der Waals surface area contributed by atoms with E-state index >= 15 is 0 Å². The molecule has 1 fully saturated rings. The molecule has 3 aliphatic carbocycles. The molecule has 26 heavy (non-hydrogen) atoms. The largest absolute Gasteiger partial charge is 0.459 e. The second-order valence-corrected chi connectivity index (χ2v) is 6.61. The van der Waals surface area contributed by atoms with Crippen LogP contribution in [0.15, 0.2) is 54.1 Å². The van der Waals surface area contributed by atoms with Crippen molar-refractivity contribution in [1.29, 1.82) is 0 Å². The van der Waals surface area contributed by atoms with Gasteiger partial charge in [-0.25, -0.2) is 4.79 Å². The highest BCUT2D eigenvalue weighted by Crippen LogP contribution is 2.57. The second-order valence-electron chi connectivity index (χ2n) is 6.61. The standard InChI is InChI=1S/C20H20O6/c1-23-20(24-2)17(21)14-8-9-19(20)15(10-14)18(22)26-12-16(19)25-11-13-6-4-3-5-7-13/h3-10,14,16H,11-12H2,1-2H3/t14?,16-,19?/m1/s1. The van der Waals surface area contributed by atoms with Crippen LogP contribution < -0.4 is 0 Å². The second kappa shape index (κ2) is 6.16. The van der Waals surface area contributed by atoms with E-state index in [1.165, 1.54) is 14.2 Å². The van der Waals surface area contributed by atoms with Crippen LogP contribution in [0.4, 0.5) is 0 Å². The SMILES string of the molecule is COC1(OC)C(=O)C2C=CC13C(=C2)C(=O)OC[C@H]3OCc1ccccc1. The van der Waals surface area contributed by atoms with Gasteiger partial charge in [-0.3, -0.25) is 4.79 Å². The van der Waals surface area contributed by atoms with Crippen molar-refractivity contribution in [3.8, 4) is 0 Å². The van der Waals surface area contributed by atoms with Gasteiger partial charge in [0, 0.05) is 14.2 Å². The number of allylic oxidation sites excluding steroid dienone is 2. The molecule has 6 heteroatoms. The fourth-order valence-corrected chi connectivity index (χ4v) is 4.25. The first-order chi connectivity index (χ1) is 12.6. The van der Waals surface area contributed by atoms with Gasteiger partial charge in [-0.1, -0.05) is 48.6 Å². The average Bonchev–Trinajstić information content (AvgIpc) is 2.69. The molecule has 0 aromatic heterocycles. The van der Waals surface area contributed by atoms with E-state index in [2.05, 4.69) is 0 Å². The van der Waals surface area contributed by atoms with Gasteiger partial charge in [-0.05, 0) is 5.56 Å². The average molecular weight is 356 g/mol. The molecule has 2 unspecified atom stereocenters. The highest BCUT2D eigenvalue weighted by molar-refractivity contribution is 6.03. The number of hydrogen-bond donors (Lipinski definition) is 0. The van der Waals surface area contributed by atoms with E-state index in [0.717, 1.165) is 5.56 Å². The predicted octanol–water partition coefficient (Wildman–Crippen LogP) is 1.80. The lowest BCUT2D eigenvalue weighted by molar-refractivity contribution is -0.277. The molecule has 1 aliphatic heterocycles. The fraction of sp³-hybridized carbons (Fsp3) is 0.400. The first kappa shape index (κ1) is 17.1. The molecule has 5 rings (SSSR count). The van der Waals surface area contributed by atoms with E-state index in [1.54, 1.807) is 12.2 Å². The zero-order chi connectivity index (χ0) is 18.4. The molecule has 1 saturated heterocycles. The zero-order valence-corrected chi connectivity index (χ0v) is 14.6. The topological polar surface area (TPSA) is 71.1 Å². The van der Waals surface area contributed by atoms with Crippen LogP contribution in [0, 0.1) is 11.3 Å². The molecule has 1 aromatic carbocycles. The molecule has 0 amide bonds. The summed E-state index contributed by atoms with van der Waals surface area (Å²) in [7, 11) is 2.83. The molecule has 0 saturated carbocycles. The molecule has 136 valence electrons. The van der Waals surface area contributed by atoms with Gasteiger partial charge in [0.15, 0.2) is 0 Å². The van der Waals surface area contributed by atoms with Gasteiger partial charge in [0.05, 0.1) is 18.1 Å². The molecule has 3 atom stereocenters. The van der Waals surface area contributed by atoms with E-state index in [9.17, 15) is 9.59 Å². The van der Waals surface area contributed by atoms with Crippen molar-refractivity contribution in [3.05, 3.63) is 59.7 Å². The molecule has 2 bridgehead atoms. The minimum Gasteiger partial charge on any atom is -0.459 e. The quantitative estimate of drug-likeness (QED) is 0.455. The van der Waals surface area contributed by atoms with Crippen molar-refractivity contribution in [2.24, 2.45) is 11.3 Å². The monoisotopic (exact) mass is 356 g/mol. The Morgan fingerprint density at radius 2 is 1.88 bits per heavy atom. The molecule has 1 aromatic rings. The van der Waals surface area contributed by atoms with Crippen molar-refractivity contribution in [2.45, 2.75) is 18.5 Å². The minimum atomic E-state index is -1.61. The summed E-state index contributed by atoms with van der Waals surface area (Å²) in [5.74, 6) is -2.90. The third-order valence-electron chi connectivity index (χ3n) is 5.49. The highest BCUT2D eigenvalue weighted by Gasteiger charge is 2.71. The van der Waals surface area contributed by atoms with E-state index in [4.69, 9.17) is 18.9 Å². The number of esters is 1. The molecule has 1 spiro atoms. The van der Waals surface area contributed by atoms with Crippen LogP contribution in [0.3, 0.4) is 0 Å². The lowest BCUT2D eigenvalue weighted by Gasteiger charge is -2.56. The number of carbonyl (C=O) groups is 2. The Morgan fingerprint density at radius 1 is 1.15 bits per heavy atom. The van der Waals surface area contributed by atoms with Gasteiger partial charge in [0.1, 0.15) is 18.1 Å². The summed E-state index contributed by atoms with van der Waals surface area (Å²) in [4.78, 5) is 25.5. The maximum absolute atomic E-state index is 13.0. The smallest absolute Gasteiger partial charge is 0.335 e. The van der Waals surface area contributed by atoms with Crippen LogP contribution in [-0.4, -0.2) is 44.5 Å². The predicted molar refractivity (Wildman–Crippen MR) is 90.9 cm³/mol. The Labute approximate surface area is 151 Å². The fourth-order valence-electron chi connectivity index (χ4n) is 4.25. The number of benzene rings is 1. The van der Waals surface area contributed by atoms with E-state index in [1.807, 2.05) is 36.4 Å². The molecule has 6 nitrogen and oxygen atoms in total. The van der Waals surface area contributed by atoms with Crippen LogP contribution >= 0.6 is 0 Å². The van der Waals surface area contributed by atoms with Crippen LogP contribution in [-0.2, 0) is 35.1 Å². The molecule has 1 heterocycles. The summed E-state index contributed by atoms with van der Waals surface area (Å²) in [5.41, 5.74) is 0.163. The molecule has 0 radical (unpaired) electrons. The summed E-state index contributed by atoms with van der Waals surface area (Å²) < 4.78 is 22.7. The van der Waals surface area contributed by atoms with E-state index in [-0.39, 0.29) is 12.4 Å². The first-order valence-electron chi connectivity index (χ1n) is 8.48. The number of fused-ring (bicyclic) bond motifs is 1. The third kappa shape index (κ3) is 2.09. The normalized spacial score (nSPS) is 31.4. The molecular formula is C20H20O6. The number of ketones is 1. The van der Waals surface area contributed by atoms with Gasteiger partial charge in [-0.15, -0.1) is 0 Å². The lowest BCUT2D eigenvalue weighted by Crippen LogP contribution is -2.70. The third-order valence-corrected chi connectivity index (χ3v) is 5.49. The summed E-state index contributed by atoms with van der Waals surface area (Å²) in [6, 6.07) is 9.67. The number of carbonyl (C=O) groups excluding carboxylic acids is 2. The number of hydrogen-bond acceptors (Lipinski definition) is 6. The maximum Gasteiger partial charge on any atom is 0.335 e. The number of rotatable bonds is 5. The number of cyclic esters (lactones) is 1. The van der Waals surface area contributed by atoms with Crippen molar-refractivity contribution in [1.82, 2.24) is 0 Å². The van der Waals surface area contributed by atoms with Crippen molar-refractivity contribution < 1.29 is 28.5 Å². The Morgan fingerprint density at radius 3 is 2.58 bits per heavy atom. The lowest BCUT2D eigenvalue weighted by atomic mass is 9.57. The Kier molecular flexibility index (Phi) is 4.06. The Hall–Kier alpha value is -2.28. The van der Waals surface area contributed by atoms with Crippen LogP contribution in [0.2, 0.25) is 0 Å². The minimum absolute atomic E-state index is 0.0137. The van der Waals surface area contributed by atoms with Gasteiger partial charge >= 0.3 is 5.97 Å². The number of ether oxygens (including phenoxy) is 4. The Bertz CT molecular complexity index is 792. The van der Waals surface area contributed by atoms with Gasteiger partial charge in [0.2, 0.25) is 11.6 Å². The molecule has 4 aliphatic rings. The van der Waals surface area contributed by atoms with Crippen LogP contribution in [0.5, 0.6) is 0 Å². The van der Waals surface area contributed by atoms with Crippen molar-refractivity contribution >= 4 is 11.8 Å². The number of methoxy groups -OCH3 is 2. The van der Waals surface area contributed by atoms with Gasteiger partial charge in [-0.2, -0.15) is 0 Å². The zero-order valence-electron chi connectivity index (χ0n) is 14.6. The van der Waals surface area contributed by atoms with Crippen LogP contribution in [0.1, 0.15) is 5.56 Å². The number of Topliss-reactive ketones (excluding diaryl/α,β-unsaturated/α-hetero) is 1. The van der Waals surface area contributed by atoms with Gasteiger partial charge in [0.25, 0.3) is 0 Å². The summed E-state index contributed by atoms with van der Waals surface area (Å²) in [6.07, 6.45) is 4.61. The summed E-state index contributed by atoms with van der Waals surface area (Å²) in [6.45, 7) is 0.326. The van der Waals surface area contributed by atoms with Crippen molar-refractivity contribution in [3.63, 3.8) is 0 Å². The van der Waals surface area contributed by atoms with Gasteiger partial charge < -0.3 is 18.9 Å². The van der Waals surface area contributed by atoms with Crippen molar-refractivity contribution in [2.75, 3.05) is 20.8 Å². The van der Waals surface area contributed by atoms with Crippen LogP contribution in [0.25, 0.3) is 0 Å². The highest BCUT2D eigenvalue weighted by atomic mass is 16.7. The molecule has 0 N–H and O–H groups in total. The van der Waals surface area contributed by atoms with E-state index in [0.29, 0.717) is 12.2 Å². The summed E-state index contributed by atoms with van der Waals surface area (Å²) >= 11 is 0. The van der Waals surface area contributed by atoms with E-state index < -0.39 is 29.2 Å². The maximum atomic E-state index is 13.0. The summed E-state index contributed by atoms with van der Waals surface area (Å²) in [5, 5.41) is 0. The first-order valence-corrected chi connectivity index (χ1v) is 8.48. The molecular weight excluding hydrogens is 336 g/mol.